The van der Waals surface area contributed by atoms with Crippen LogP contribution in [0.15, 0.2) is 28.9 Å². The Morgan fingerprint density at radius 1 is 1.26 bits per heavy atom. The molecule has 2 rings (SSSR count). The standard InChI is InChI=1S/C12H11BrF2N4/c1-2-16-12-17-4-3-11(19-12)18-10-6-8(14)7(13)5-9(10)15/h3-6H,2H2,1H3,(H2,16,17,18,19). The first-order chi connectivity index (χ1) is 9.10. The molecular formula is C12H11BrF2N4. The number of anilines is 3. The monoisotopic (exact) mass is 328 g/mol. The first-order valence-electron chi connectivity index (χ1n) is 5.58. The Morgan fingerprint density at radius 2 is 2.05 bits per heavy atom. The van der Waals surface area contributed by atoms with Gasteiger partial charge in [0.2, 0.25) is 5.95 Å². The summed E-state index contributed by atoms with van der Waals surface area (Å²) in [4.78, 5) is 8.10. The Morgan fingerprint density at radius 3 is 2.79 bits per heavy atom. The minimum Gasteiger partial charge on any atom is -0.354 e. The van der Waals surface area contributed by atoms with Crippen molar-refractivity contribution in [1.29, 1.82) is 0 Å². The van der Waals surface area contributed by atoms with E-state index in [0.717, 1.165) is 12.1 Å². The zero-order valence-electron chi connectivity index (χ0n) is 10.0. The Labute approximate surface area is 117 Å². The van der Waals surface area contributed by atoms with Crippen LogP contribution in [-0.4, -0.2) is 16.5 Å². The molecule has 1 aromatic heterocycles. The minimum absolute atomic E-state index is 0.0156. The van der Waals surface area contributed by atoms with Gasteiger partial charge >= 0.3 is 0 Å². The molecule has 0 saturated heterocycles. The highest BCUT2D eigenvalue weighted by atomic mass is 79.9. The molecule has 0 bridgehead atoms. The van der Waals surface area contributed by atoms with E-state index in [1.54, 1.807) is 6.07 Å². The van der Waals surface area contributed by atoms with Crippen molar-refractivity contribution in [2.75, 3.05) is 17.2 Å². The van der Waals surface area contributed by atoms with Crippen LogP contribution in [0.25, 0.3) is 0 Å². The Balaban J connectivity index is 2.25. The summed E-state index contributed by atoms with van der Waals surface area (Å²) in [6.45, 7) is 2.58. The molecule has 0 unspecified atom stereocenters. The number of halogens is 3. The third-order valence-electron chi connectivity index (χ3n) is 2.26. The summed E-state index contributed by atoms with van der Waals surface area (Å²) in [6.07, 6.45) is 1.53. The maximum atomic E-state index is 13.6. The van der Waals surface area contributed by atoms with Gasteiger partial charge in [-0.2, -0.15) is 4.98 Å². The van der Waals surface area contributed by atoms with Crippen molar-refractivity contribution >= 4 is 33.4 Å². The van der Waals surface area contributed by atoms with Crippen molar-refractivity contribution in [1.82, 2.24) is 9.97 Å². The number of hydrogen-bond donors (Lipinski definition) is 2. The molecule has 19 heavy (non-hydrogen) atoms. The van der Waals surface area contributed by atoms with Crippen LogP contribution >= 0.6 is 15.9 Å². The molecule has 0 amide bonds. The zero-order valence-corrected chi connectivity index (χ0v) is 11.6. The van der Waals surface area contributed by atoms with E-state index in [2.05, 4.69) is 36.5 Å². The van der Waals surface area contributed by atoms with Gasteiger partial charge in [0.1, 0.15) is 17.5 Å². The van der Waals surface area contributed by atoms with Gasteiger partial charge in [-0.3, -0.25) is 0 Å². The van der Waals surface area contributed by atoms with Crippen molar-refractivity contribution < 1.29 is 8.78 Å². The van der Waals surface area contributed by atoms with Crippen LogP contribution in [0.4, 0.5) is 26.2 Å². The lowest BCUT2D eigenvalue weighted by Crippen LogP contribution is -2.04. The van der Waals surface area contributed by atoms with E-state index in [-0.39, 0.29) is 10.2 Å². The van der Waals surface area contributed by atoms with E-state index in [1.807, 2.05) is 6.92 Å². The van der Waals surface area contributed by atoms with Gasteiger partial charge in [-0.1, -0.05) is 0 Å². The number of aromatic nitrogens is 2. The molecule has 1 aromatic carbocycles. The third-order valence-corrected chi connectivity index (χ3v) is 2.87. The van der Waals surface area contributed by atoms with Gasteiger partial charge in [0, 0.05) is 18.8 Å². The van der Waals surface area contributed by atoms with Gasteiger partial charge in [0.15, 0.2) is 0 Å². The van der Waals surface area contributed by atoms with Crippen LogP contribution in [0.5, 0.6) is 0 Å². The molecule has 4 nitrogen and oxygen atoms in total. The molecule has 7 heteroatoms. The van der Waals surface area contributed by atoms with Crippen LogP contribution in [0, 0.1) is 11.6 Å². The van der Waals surface area contributed by atoms with Crippen molar-refractivity contribution in [2.24, 2.45) is 0 Å². The Kier molecular flexibility index (Phi) is 4.26. The molecule has 100 valence electrons. The number of nitrogens with one attached hydrogen (secondary N) is 2. The number of hydrogen-bond acceptors (Lipinski definition) is 4. The molecule has 0 atom stereocenters. The summed E-state index contributed by atoms with van der Waals surface area (Å²) < 4.78 is 27.1. The lowest BCUT2D eigenvalue weighted by atomic mass is 10.3. The highest BCUT2D eigenvalue weighted by molar-refractivity contribution is 9.10. The predicted molar refractivity (Wildman–Crippen MR) is 73.5 cm³/mol. The van der Waals surface area contributed by atoms with Crippen molar-refractivity contribution in [3.05, 3.63) is 40.5 Å². The highest BCUT2D eigenvalue weighted by Crippen LogP contribution is 2.25. The van der Waals surface area contributed by atoms with Crippen LogP contribution in [0.3, 0.4) is 0 Å². The summed E-state index contributed by atoms with van der Waals surface area (Å²) in [5, 5.41) is 5.64. The van der Waals surface area contributed by atoms with Crippen LogP contribution in [-0.2, 0) is 0 Å². The molecule has 2 N–H and O–H groups in total. The van der Waals surface area contributed by atoms with Gasteiger partial charge in [0.05, 0.1) is 10.2 Å². The van der Waals surface area contributed by atoms with E-state index >= 15 is 0 Å². The number of nitrogens with zero attached hydrogens (tertiary/aromatic N) is 2. The summed E-state index contributed by atoms with van der Waals surface area (Å²) >= 11 is 2.92. The fourth-order valence-electron chi connectivity index (χ4n) is 1.43. The maximum absolute atomic E-state index is 13.6. The van der Waals surface area contributed by atoms with Crippen LogP contribution in [0.2, 0.25) is 0 Å². The molecule has 0 radical (unpaired) electrons. The smallest absolute Gasteiger partial charge is 0.224 e. The molecule has 0 aliphatic heterocycles. The van der Waals surface area contributed by atoms with E-state index in [0.29, 0.717) is 18.3 Å². The van der Waals surface area contributed by atoms with E-state index < -0.39 is 11.6 Å². The first kappa shape index (κ1) is 13.7. The highest BCUT2D eigenvalue weighted by Gasteiger charge is 2.09. The van der Waals surface area contributed by atoms with Crippen LogP contribution < -0.4 is 10.6 Å². The summed E-state index contributed by atoms with van der Waals surface area (Å²) in [5.41, 5.74) is 0.0156. The number of rotatable bonds is 4. The molecular weight excluding hydrogens is 318 g/mol. The Bertz CT molecular complexity index is 592. The van der Waals surface area contributed by atoms with Gasteiger partial charge in [-0.25, -0.2) is 13.8 Å². The molecule has 0 saturated carbocycles. The van der Waals surface area contributed by atoms with Crippen molar-refractivity contribution in [2.45, 2.75) is 6.92 Å². The summed E-state index contributed by atoms with van der Waals surface area (Å²) in [6, 6.07) is 3.69. The van der Waals surface area contributed by atoms with Crippen molar-refractivity contribution in [3.8, 4) is 0 Å². The molecule has 2 aromatic rings. The number of benzene rings is 1. The molecule has 1 heterocycles. The third kappa shape index (κ3) is 3.37. The lowest BCUT2D eigenvalue weighted by molar-refractivity contribution is 0.597. The topological polar surface area (TPSA) is 49.8 Å². The maximum Gasteiger partial charge on any atom is 0.224 e. The van der Waals surface area contributed by atoms with Crippen LogP contribution in [0.1, 0.15) is 6.92 Å². The molecule has 0 aliphatic rings. The van der Waals surface area contributed by atoms with Gasteiger partial charge < -0.3 is 10.6 Å². The predicted octanol–water partition coefficient (Wildman–Crippen LogP) is 3.69. The quantitative estimate of drug-likeness (QED) is 0.840. The molecule has 0 spiro atoms. The van der Waals surface area contributed by atoms with Gasteiger partial charge in [0.25, 0.3) is 0 Å². The molecule has 0 aliphatic carbocycles. The lowest BCUT2D eigenvalue weighted by Gasteiger charge is -2.09. The first-order valence-corrected chi connectivity index (χ1v) is 6.38. The summed E-state index contributed by atoms with van der Waals surface area (Å²) in [7, 11) is 0. The average Bonchev–Trinajstić information content (AvgIpc) is 2.37. The average molecular weight is 329 g/mol. The second-order valence-corrected chi connectivity index (χ2v) is 4.52. The SMILES string of the molecule is CCNc1nccc(Nc2cc(F)c(Br)cc2F)n1. The Hall–Kier alpha value is -1.76. The van der Waals surface area contributed by atoms with Crippen molar-refractivity contribution in [3.63, 3.8) is 0 Å². The normalized spacial score (nSPS) is 10.3. The largest absolute Gasteiger partial charge is 0.354 e. The summed E-state index contributed by atoms with van der Waals surface area (Å²) in [5.74, 6) is -0.321. The van der Waals surface area contributed by atoms with E-state index in [1.165, 1.54) is 6.20 Å². The molecule has 0 fully saturated rings. The second kappa shape index (κ2) is 5.92. The second-order valence-electron chi connectivity index (χ2n) is 3.67. The van der Waals surface area contributed by atoms with Gasteiger partial charge in [-0.05, 0) is 35.0 Å². The van der Waals surface area contributed by atoms with E-state index in [9.17, 15) is 8.78 Å². The van der Waals surface area contributed by atoms with E-state index in [4.69, 9.17) is 0 Å². The fraction of sp³-hybridized carbons (Fsp3) is 0.167. The zero-order chi connectivity index (χ0) is 13.8. The fourth-order valence-corrected chi connectivity index (χ4v) is 1.74. The minimum atomic E-state index is -0.572. The van der Waals surface area contributed by atoms with Gasteiger partial charge in [-0.15, -0.1) is 0 Å².